The predicted molar refractivity (Wildman–Crippen MR) is 61.9 cm³/mol. The van der Waals surface area contributed by atoms with Crippen LogP contribution in [0.2, 0.25) is 0 Å². The van der Waals surface area contributed by atoms with Gasteiger partial charge >= 0.3 is 0 Å². The van der Waals surface area contributed by atoms with Gasteiger partial charge in [0.2, 0.25) is 5.91 Å². The molecule has 0 aromatic rings. The van der Waals surface area contributed by atoms with Crippen molar-refractivity contribution in [2.75, 3.05) is 32.8 Å². The van der Waals surface area contributed by atoms with E-state index in [2.05, 4.69) is 0 Å². The first-order valence-electron chi connectivity index (χ1n) is 6.38. The fraction of sp³-hybridized carbons (Fsp3) is 0.917. The highest BCUT2D eigenvalue weighted by molar-refractivity contribution is 5.79. The van der Waals surface area contributed by atoms with E-state index < -0.39 is 0 Å². The highest BCUT2D eigenvalue weighted by Gasteiger charge is 2.31. The number of hydrogen-bond acceptors (Lipinski definition) is 3. The first-order valence-corrected chi connectivity index (χ1v) is 6.38. The fourth-order valence-electron chi connectivity index (χ4n) is 2.70. The van der Waals surface area contributed by atoms with Gasteiger partial charge in [-0.1, -0.05) is 0 Å². The van der Waals surface area contributed by atoms with Crippen molar-refractivity contribution in [3.05, 3.63) is 0 Å². The van der Waals surface area contributed by atoms with Gasteiger partial charge in [-0.05, 0) is 38.1 Å². The molecule has 2 heterocycles. The van der Waals surface area contributed by atoms with E-state index in [4.69, 9.17) is 10.5 Å². The van der Waals surface area contributed by atoms with Crippen LogP contribution in [-0.4, -0.2) is 43.7 Å². The monoisotopic (exact) mass is 226 g/mol. The van der Waals surface area contributed by atoms with E-state index in [-0.39, 0.29) is 5.92 Å². The van der Waals surface area contributed by atoms with Gasteiger partial charge in [0.1, 0.15) is 0 Å². The SMILES string of the molecule is NCCC1CCN(C(=O)C2CCCOC2)C1. The molecular formula is C12H22N2O2. The Morgan fingerprint density at radius 2 is 2.31 bits per heavy atom. The van der Waals surface area contributed by atoms with Crippen LogP contribution in [0.3, 0.4) is 0 Å². The van der Waals surface area contributed by atoms with Crippen LogP contribution < -0.4 is 5.73 Å². The van der Waals surface area contributed by atoms with Crippen molar-refractivity contribution in [3.8, 4) is 0 Å². The standard InChI is InChI=1S/C12H22N2O2/c13-5-3-10-4-6-14(8-10)12(15)11-2-1-7-16-9-11/h10-11H,1-9,13H2. The number of hydrogen-bond donors (Lipinski definition) is 1. The third kappa shape index (κ3) is 2.74. The molecule has 0 saturated carbocycles. The van der Waals surface area contributed by atoms with E-state index in [9.17, 15) is 4.79 Å². The molecule has 2 atom stereocenters. The van der Waals surface area contributed by atoms with E-state index in [1.807, 2.05) is 4.90 Å². The first kappa shape index (κ1) is 11.9. The number of likely N-dealkylation sites (tertiary alicyclic amines) is 1. The van der Waals surface area contributed by atoms with Crippen LogP contribution in [0.15, 0.2) is 0 Å². The zero-order valence-corrected chi connectivity index (χ0v) is 9.86. The molecule has 2 rings (SSSR count). The molecular weight excluding hydrogens is 204 g/mol. The zero-order chi connectivity index (χ0) is 11.4. The van der Waals surface area contributed by atoms with E-state index in [0.29, 0.717) is 18.4 Å². The minimum absolute atomic E-state index is 0.116. The highest BCUT2D eigenvalue weighted by Crippen LogP contribution is 2.23. The maximum atomic E-state index is 12.2. The summed E-state index contributed by atoms with van der Waals surface area (Å²) in [6.07, 6.45) is 4.19. The summed E-state index contributed by atoms with van der Waals surface area (Å²) in [5, 5.41) is 0. The summed E-state index contributed by atoms with van der Waals surface area (Å²) in [5.41, 5.74) is 5.55. The Labute approximate surface area is 97.1 Å². The molecule has 0 aromatic carbocycles. The fourth-order valence-corrected chi connectivity index (χ4v) is 2.70. The molecule has 4 heteroatoms. The summed E-state index contributed by atoms with van der Waals surface area (Å²) in [4.78, 5) is 14.2. The molecule has 0 aromatic heterocycles. The van der Waals surface area contributed by atoms with E-state index in [1.54, 1.807) is 0 Å². The maximum absolute atomic E-state index is 12.2. The summed E-state index contributed by atoms with van der Waals surface area (Å²) in [5.74, 6) is 1.04. The maximum Gasteiger partial charge on any atom is 0.228 e. The summed E-state index contributed by atoms with van der Waals surface area (Å²) < 4.78 is 5.37. The van der Waals surface area contributed by atoms with Gasteiger partial charge in [0.25, 0.3) is 0 Å². The van der Waals surface area contributed by atoms with Crippen LogP contribution in [-0.2, 0) is 9.53 Å². The van der Waals surface area contributed by atoms with E-state index in [0.717, 1.165) is 51.9 Å². The number of rotatable bonds is 3. The lowest BCUT2D eigenvalue weighted by Crippen LogP contribution is -2.38. The third-order valence-corrected chi connectivity index (χ3v) is 3.68. The molecule has 2 aliphatic rings. The summed E-state index contributed by atoms with van der Waals surface area (Å²) >= 11 is 0. The molecule has 16 heavy (non-hydrogen) atoms. The molecule has 0 spiro atoms. The molecule has 0 aliphatic carbocycles. The van der Waals surface area contributed by atoms with Gasteiger partial charge in [0.15, 0.2) is 0 Å². The minimum Gasteiger partial charge on any atom is -0.381 e. The lowest BCUT2D eigenvalue weighted by molar-refractivity contribution is -0.138. The zero-order valence-electron chi connectivity index (χ0n) is 9.86. The van der Waals surface area contributed by atoms with Crippen molar-refractivity contribution in [1.82, 2.24) is 4.90 Å². The minimum atomic E-state index is 0.116. The van der Waals surface area contributed by atoms with Crippen molar-refractivity contribution < 1.29 is 9.53 Å². The van der Waals surface area contributed by atoms with Gasteiger partial charge in [0.05, 0.1) is 12.5 Å². The molecule has 2 aliphatic heterocycles. The lowest BCUT2D eigenvalue weighted by atomic mass is 10.0. The molecule has 2 unspecified atom stereocenters. The first-order chi connectivity index (χ1) is 7.81. The molecule has 2 saturated heterocycles. The number of carbonyl (C=O) groups is 1. The van der Waals surface area contributed by atoms with Gasteiger partial charge in [0, 0.05) is 19.7 Å². The second kappa shape index (κ2) is 5.64. The van der Waals surface area contributed by atoms with Crippen LogP contribution >= 0.6 is 0 Å². The van der Waals surface area contributed by atoms with Gasteiger partial charge in [-0.15, -0.1) is 0 Å². The highest BCUT2D eigenvalue weighted by atomic mass is 16.5. The average molecular weight is 226 g/mol. The van der Waals surface area contributed by atoms with Gasteiger partial charge < -0.3 is 15.4 Å². The normalized spacial score (nSPS) is 30.7. The van der Waals surface area contributed by atoms with Crippen LogP contribution in [0.1, 0.15) is 25.7 Å². The molecule has 0 radical (unpaired) electrons. The second-order valence-electron chi connectivity index (χ2n) is 4.93. The molecule has 2 N–H and O–H groups in total. The van der Waals surface area contributed by atoms with E-state index in [1.165, 1.54) is 0 Å². The lowest BCUT2D eigenvalue weighted by Gasteiger charge is -2.26. The smallest absolute Gasteiger partial charge is 0.228 e. The van der Waals surface area contributed by atoms with Crippen molar-refractivity contribution in [3.63, 3.8) is 0 Å². The topological polar surface area (TPSA) is 55.6 Å². The molecule has 4 nitrogen and oxygen atoms in total. The molecule has 92 valence electrons. The van der Waals surface area contributed by atoms with Crippen molar-refractivity contribution >= 4 is 5.91 Å². The van der Waals surface area contributed by atoms with Gasteiger partial charge in [-0.3, -0.25) is 4.79 Å². The van der Waals surface area contributed by atoms with E-state index >= 15 is 0 Å². The molecule has 0 bridgehead atoms. The predicted octanol–water partition coefficient (Wildman–Crippen LogP) is 0.610. The average Bonchev–Trinajstić information content (AvgIpc) is 2.78. The third-order valence-electron chi connectivity index (χ3n) is 3.68. The van der Waals surface area contributed by atoms with Crippen LogP contribution in [0.5, 0.6) is 0 Å². The largest absolute Gasteiger partial charge is 0.381 e. The second-order valence-corrected chi connectivity index (χ2v) is 4.93. The summed E-state index contributed by atoms with van der Waals surface area (Å²) in [6, 6.07) is 0. The Hall–Kier alpha value is -0.610. The van der Waals surface area contributed by atoms with Gasteiger partial charge in [-0.25, -0.2) is 0 Å². The summed E-state index contributed by atoms with van der Waals surface area (Å²) in [6.45, 7) is 4.00. The number of nitrogens with zero attached hydrogens (tertiary/aromatic N) is 1. The van der Waals surface area contributed by atoms with Crippen LogP contribution in [0.4, 0.5) is 0 Å². The van der Waals surface area contributed by atoms with Crippen LogP contribution in [0.25, 0.3) is 0 Å². The quantitative estimate of drug-likeness (QED) is 0.767. The van der Waals surface area contributed by atoms with Crippen LogP contribution in [0, 0.1) is 11.8 Å². The Morgan fingerprint density at radius 3 is 3.00 bits per heavy atom. The number of carbonyl (C=O) groups excluding carboxylic acids is 1. The van der Waals surface area contributed by atoms with Gasteiger partial charge in [-0.2, -0.15) is 0 Å². The number of nitrogens with two attached hydrogens (primary N) is 1. The van der Waals surface area contributed by atoms with Crippen molar-refractivity contribution in [2.24, 2.45) is 17.6 Å². The Balaban J connectivity index is 1.81. The number of amides is 1. The Kier molecular flexibility index (Phi) is 4.18. The van der Waals surface area contributed by atoms with Crippen molar-refractivity contribution in [1.29, 1.82) is 0 Å². The number of ether oxygens (including phenoxy) is 1. The molecule has 1 amide bonds. The Morgan fingerprint density at radius 1 is 1.44 bits per heavy atom. The van der Waals surface area contributed by atoms with Crippen molar-refractivity contribution in [2.45, 2.75) is 25.7 Å². The Bertz CT molecular complexity index is 239. The molecule has 2 fully saturated rings. The summed E-state index contributed by atoms with van der Waals surface area (Å²) in [7, 11) is 0.